The average molecular weight is 415 g/mol. The van der Waals surface area contributed by atoms with Crippen LogP contribution in [0.5, 0.6) is 11.5 Å². The zero-order valence-corrected chi connectivity index (χ0v) is 17.6. The Morgan fingerprint density at radius 3 is 2.62 bits per heavy atom. The Kier molecular flexibility index (Phi) is 5.52. The number of fused-ring (bicyclic) bond motifs is 3. The molecular formula is C22H26N2O4S. The summed E-state index contributed by atoms with van der Waals surface area (Å²) in [6, 6.07) is 10.6. The van der Waals surface area contributed by atoms with Crippen molar-refractivity contribution in [1.29, 1.82) is 0 Å². The molecule has 2 aromatic carbocycles. The maximum atomic E-state index is 13.0. The number of nitrogens with one attached hydrogen (secondary N) is 2. The van der Waals surface area contributed by atoms with Crippen LogP contribution in [-0.4, -0.2) is 27.6 Å². The van der Waals surface area contributed by atoms with Crippen molar-refractivity contribution in [2.24, 2.45) is 0 Å². The molecule has 0 radical (unpaired) electrons. The number of ether oxygens (including phenoxy) is 2. The first-order chi connectivity index (χ1) is 14.0. The Hall–Kier alpha value is -2.51. The summed E-state index contributed by atoms with van der Waals surface area (Å²) in [6.45, 7) is 0.117. The van der Waals surface area contributed by atoms with Crippen LogP contribution in [-0.2, 0) is 29.4 Å². The van der Waals surface area contributed by atoms with E-state index in [2.05, 4.69) is 9.71 Å². The molecule has 154 valence electrons. The van der Waals surface area contributed by atoms with Gasteiger partial charge in [0.05, 0.1) is 19.1 Å². The molecular weight excluding hydrogens is 388 g/mol. The number of hydrogen-bond acceptors (Lipinski definition) is 4. The number of methoxy groups -OCH3 is 2. The summed E-state index contributed by atoms with van der Waals surface area (Å²) in [6.07, 6.45) is 5.55. The molecule has 4 rings (SSSR count). The van der Waals surface area contributed by atoms with Crippen molar-refractivity contribution in [3.8, 4) is 11.5 Å². The van der Waals surface area contributed by atoms with Gasteiger partial charge >= 0.3 is 0 Å². The monoisotopic (exact) mass is 414 g/mol. The molecule has 0 fully saturated rings. The van der Waals surface area contributed by atoms with Crippen LogP contribution in [0.1, 0.15) is 36.1 Å². The Bertz CT molecular complexity index is 1140. The van der Waals surface area contributed by atoms with Crippen LogP contribution in [0.4, 0.5) is 0 Å². The van der Waals surface area contributed by atoms with Gasteiger partial charge in [-0.2, -0.15) is 0 Å². The highest BCUT2D eigenvalue weighted by Crippen LogP contribution is 2.30. The van der Waals surface area contributed by atoms with Crippen molar-refractivity contribution >= 4 is 20.9 Å². The van der Waals surface area contributed by atoms with E-state index in [1.165, 1.54) is 24.1 Å². The number of rotatable bonds is 6. The maximum Gasteiger partial charge on any atom is 0.240 e. The van der Waals surface area contributed by atoms with Gasteiger partial charge in [0.15, 0.2) is 0 Å². The maximum absolute atomic E-state index is 13.0. The van der Waals surface area contributed by atoms with Crippen molar-refractivity contribution in [2.75, 3.05) is 14.2 Å². The summed E-state index contributed by atoms with van der Waals surface area (Å²) in [5, 5.41) is 1.02. The summed E-state index contributed by atoms with van der Waals surface area (Å²) < 4.78 is 39.2. The van der Waals surface area contributed by atoms with Crippen LogP contribution in [0.2, 0.25) is 0 Å². The van der Waals surface area contributed by atoms with Crippen molar-refractivity contribution in [1.82, 2.24) is 9.71 Å². The zero-order valence-electron chi connectivity index (χ0n) is 16.7. The van der Waals surface area contributed by atoms with Gasteiger partial charge in [-0.15, -0.1) is 0 Å². The molecule has 1 aliphatic rings. The molecule has 1 aromatic heterocycles. The molecule has 0 unspecified atom stereocenters. The fraction of sp³-hybridized carbons (Fsp3) is 0.364. The summed E-state index contributed by atoms with van der Waals surface area (Å²) in [5.74, 6) is 1.26. The fourth-order valence-corrected chi connectivity index (χ4v) is 5.04. The molecule has 0 amide bonds. The molecule has 1 aliphatic carbocycles. The molecule has 0 saturated carbocycles. The lowest BCUT2D eigenvalue weighted by atomic mass is 10.1. The molecule has 1 heterocycles. The number of aromatic nitrogens is 1. The quantitative estimate of drug-likeness (QED) is 0.599. The molecule has 3 aromatic rings. The van der Waals surface area contributed by atoms with Gasteiger partial charge in [-0.25, -0.2) is 13.1 Å². The van der Waals surface area contributed by atoms with Gasteiger partial charge in [-0.3, -0.25) is 0 Å². The van der Waals surface area contributed by atoms with Crippen LogP contribution < -0.4 is 14.2 Å². The number of sulfonamides is 1. The first kappa shape index (κ1) is 19.8. The van der Waals surface area contributed by atoms with Crippen LogP contribution in [0.25, 0.3) is 10.9 Å². The van der Waals surface area contributed by atoms with Gasteiger partial charge in [0.1, 0.15) is 11.5 Å². The van der Waals surface area contributed by atoms with Crippen LogP contribution in [0.15, 0.2) is 41.3 Å². The largest absolute Gasteiger partial charge is 0.497 e. The van der Waals surface area contributed by atoms with E-state index in [4.69, 9.17) is 9.47 Å². The molecule has 0 atom stereocenters. The lowest BCUT2D eigenvalue weighted by Crippen LogP contribution is -2.23. The SMILES string of the molecule is COc1ccc(OC)c(CNS(=O)(=O)c2ccc3[nH]c4c(c3c2)CCCCC4)c1. The van der Waals surface area contributed by atoms with Gasteiger partial charge in [0.25, 0.3) is 0 Å². The molecule has 0 saturated heterocycles. The van der Waals surface area contributed by atoms with Crippen LogP contribution >= 0.6 is 0 Å². The third-order valence-corrected chi connectivity index (χ3v) is 6.97. The van der Waals surface area contributed by atoms with E-state index in [-0.39, 0.29) is 11.4 Å². The molecule has 7 heteroatoms. The van der Waals surface area contributed by atoms with Crippen molar-refractivity contribution in [3.63, 3.8) is 0 Å². The predicted octanol–water partition coefficient (Wildman–Crippen LogP) is 3.93. The van der Waals surface area contributed by atoms with E-state index in [9.17, 15) is 8.42 Å². The van der Waals surface area contributed by atoms with Crippen molar-refractivity contribution < 1.29 is 17.9 Å². The van der Waals surface area contributed by atoms with E-state index in [1.807, 2.05) is 6.07 Å². The zero-order chi connectivity index (χ0) is 20.4. The van der Waals surface area contributed by atoms with E-state index >= 15 is 0 Å². The lowest BCUT2D eigenvalue weighted by molar-refractivity contribution is 0.398. The van der Waals surface area contributed by atoms with E-state index in [1.54, 1.807) is 44.6 Å². The Balaban J connectivity index is 1.62. The first-order valence-corrected chi connectivity index (χ1v) is 11.3. The predicted molar refractivity (Wildman–Crippen MR) is 113 cm³/mol. The van der Waals surface area contributed by atoms with E-state index in [0.29, 0.717) is 17.1 Å². The Labute approximate surface area is 171 Å². The molecule has 0 aliphatic heterocycles. The summed E-state index contributed by atoms with van der Waals surface area (Å²) in [7, 11) is -0.533. The third kappa shape index (κ3) is 3.97. The Morgan fingerprint density at radius 2 is 1.83 bits per heavy atom. The van der Waals surface area contributed by atoms with Gasteiger partial charge in [0.2, 0.25) is 10.0 Å². The Morgan fingerprint density at radius 1 is 1.00 bits per heavy atom. The molecule has 0 bridgehead atoms. The minimum atomic E-state index is -3.67. The number of aromatic amines is 1. The fourth-order valence-electron chi connectivity index (χ4n) is 4.01. The minimum absolute atomic E-state index is 0.117. The van der Waals surface area contributed by atoms with Crippen molar-refractivity contribution in [2.45, 2.75) is 43.5 Å². The number of benzene rings is 2. The molecule has 0 spiro atoms. The highest BCUT2D eigenvalue weighted by atomic mass is 32.2. The first-order valence-electron chi connectivity index (χ1n) is 9.86. The molecule has 2 N–H and O–H groups in total. The third-order valence-electron chi connectivity index (χ3n) is 5.57. The second-order valence-corrected chi connectivity index (χ2v) is 9.12. The summed E-state index contributed by atoms with van der Waals surface area (Å²) in [5.41, 5.74) is 4.24. The van der Waals surface area contributed by atoms with Gasteiger partial charge in [0, 0.05) is 28.7 Å². The number of aryl methyl sites for hydroxylation is 2. The number of hydrogen-bond donors (Lipinski definition) is 2. The summed E-state index contributed by atoms with van der Waals surface area (Å²) in [4.78, 5) is 3.75. The second-order valence-electron chi connectivity index (χ2n) is 7.35. The van der Waals surface area contributed by atoms with Gasteiger partial charge in [-0.05, 0) is 67.6 Å². The smallest absolute Gasteiger partial charge is 0.240 e. The highest BCUT2D eigenvalue weighted by molar-refractivity contribution is 7.89. The minimum Gasteiger partial charge on any atom is -0.497 e. The van der Waals surface area contributed by atoms with Crippen LogP contribution in [0.3, 0.4) is 0 Å². The van der Waals surface area contributed by atoms with Crippen LogP contribution in [0, 0.1) is 0 Å². The molecule has 6 nitrogen and oxygen atoms in total. The van der Waals surface area contributed by atoms with Gasteiger partial charge in [-0.1, -0.05) is 6.42 Å². The van der Waals surface area contributed by atoms with Crippen molar-refractivity contribution in [3.05, 3.63) is 53.2 Å². The summed E-state index contributed by atoms with van der Waals surface area (Å²) >= 11 is 0. The normalized spacial score (nSPS) is 14.4. The topological polar surface area (TPSA) is 80.4 Å². The van der Waals surface area contributed by atoms with Gasteiger partial charge < -0.3 is 14.5 Å². The van der Waals surface area contributed by atoms with E-state index < -0.39 is 10.0 Å². The van der Waals surface area contributed by atoms with E-state index in [0.717, 1.165) is 30.2 Å². The second kappa shape index (κ2) is 8.08. The number of H-pyrrole nitrogens is 1. The lowest BCUT2D eigenvalue weighted by Gasteiger charge is -2.12. The standard InChI is InChI=1S/C22H26N2O4S/c1-27-16-8-11-22(28-2)15(12-16)14-23-29(25,26)17-9-10-21-19(13-17)18-6-4-3-5-7-20(18)24-21/h8-13,23-24H,3-7,14H2,1-2H3. The highest BCUT2D eigenvalue weighted by Gasteiger charge is 2.19. The average Bonchev–Trinajstić information content (AvgIpc) is 2.91. The molecule has 29 heavy (non-hydrogen) atoms.